The van der Waals surface area contributed by atoms with Gasteiger partial charge in [0.2, 0.25) is 5.82 Å². The number of urea groups is 1. The largest absolute Gasteiger partial charge is 0.334 e. The van der Waals surface area contributed by atoms with Gasteiger partial charge in [0.05, 0.1) is 11.6 Å². The highest BCUT2D eigenvalue weighted by Crippen LogP contribution is 2.37. The topological polar surface area (TPSA) is 71.3 Å². The molecule has 0 saturated heterocycles. The molecule has 2 aromatic carbocycles. The lowest BCUT2D eigenvalue weighted by Crippen LogP contribution is -2.45. The number of hydrogen-bond donors (Lipinski definition) is 1. The van der Waals surface area contributed by atoms with Gasteiger partial charge in [-0.1, -0.05) is 28.9 Å². The Morgan fingerprint density at radius 1 is 1.17 bits per heavy atom. The third-order valence-electron chi connectivity index (χ3n) is 4.87. The van der Waals surface area contributed by atoms with Crippen LogP contribution in [0.15, 0.2) is 58.8 Å². The highest BCUT2D eigenvalue weighted by atomic mass is 35.5. The van der Waals surface area contributed by atoms with E-state index in [9.17, 15) is 9.18 Å². The first-order valence-electron chi connectivity index (χ1n) is 9.12. The van der Waals surface area contributed by atoms with E-state index in [1.165, 1.54) is 12.1 Å². The zero-order chi connectivity index (χ0) is 20.5. The average molecular weight is 413 g/mol. The first kappa shape index (κ1) is 19.1. The maximum absolute atomic E-state index is 13.4. The summed E-state index contributed by atoms with van der Waals surface area (Å²) in [5.74, 6) is 0.353. The van der Waals surface area contributed by atoms with E-state index in [1.807, 2.05) is 13.8 Å². The molecule has 0 aliphatic carbocycles. The Morgan fingerprint density at radius 3 is 2.52 bits per heavy atom. The van der Waals surface area contributed by atoms with E-state index in [2.05, 4.69) is 15.5 Å². The molecule has 0 bridgehead atoms. The molecule has 29 heavy (non-hydrogen) atoms. The molecule has 0 radical (unpaired) electrons. The van der Waals surface area contributed by atoms with E-state index < -0.39 is 6.04 Å². The standard InChI is InChI=1S/C21H18ClFN4O2/c1-3-27-12(2)17(18(24-21(27)28)13-6-10-16(23)11-7-13)20-25-19(26-29-20)14-4-8-15(22)9-5-14/h4-11,18H,3H2,1-2H3,(H,24,28). The Bertz CT molecular complexity index is 1080. The Kier molecular flexibility index (Phi) is 5.07. The number of hydrogen-bond acceptors (Lipinski definition) is 4. The molecule has 6 nitrogen and oxygen atoms in total. The van der Waals surface area contributed by atoms with Crippen LogP contribution in [0.4, 0.5) is 9.18 Å². The first-order chi connectivity index (χ1) is 14.0. The van der Waals surface area contributed by atoms with Gasteiger partial charge < -0.3 is 9.84 Å². The Labute approximate surface area is 172 Å². The summed E-state index contributed by atoms with van der Waals surface area (Å²) in [7, 11) is 0. The van der Waals surface area contributed by atoms with Crippen molar-refractivity contribution in [2.75, 3.05) is 6.54 Å². The van der Waals surface area contributed by atoms with Crippen LogP contribution in [-0.2, 0) is 0 Å². The Balaban J connectivity index is 1.80. The van der Waals surface area contributed by atoms with Crippen molar-refractivity contribution in [3.05, 3.63) is 76.5 Å². The molecule has 1 aliphatic rings. The van der Waals surface area contributed by atoms with Crippen LogP contribution in [0, 0.1) is 5.82 Å². The van der Waals surface area contributed by atoms with Gasteiger partial charge in [-0.15, -0.1) is 0 Å². The summed E-state index contributed by atoms with van der Waals surface area (Å²) in [5.41, 5.74) is 2.85. The van der Waals surface area contributed by atoms with Crippen LogP contribution in [0.1, 0.15) is 31.3 Å². The number of rotatable bonds is 4. The average Bonchev–Trinajstić information content (AvgIpc) is 3.18. The molecule has 3 aromatic rings. The molecule has 2 heterocycles. The molecule has 1 N–H and O–H groups in total. The molecular weight excluding hydrogens is 395 g/mol. The molecule has 1 unspecified atom stereocenters. The highest BCUT2D eigenvalue weighted by Gasteiger charge is 2.35. The number of nitrogens with zero attached hydrogens (tertiary/aromatic N) is 3. The third kappa shape index (κ3) is 3.61. The van der Waals surface area contributed by atoms with E-state index >= 15 is 0 Å². The van der Waals surface area contributed by atoms with Crippen molar-refractivity contribution in [3.8, 4) is 11.4 Å². The van der Waals surface area contributed by atoms with Crippen LogP contribution < -0.4 is 5.32 Å². The molecule has 0 spiro atoms. The second-order valence-corrected chi connectivity index (χ2v) is 7.04. The lowest BCUT2D eigenvalue weighted by atomic mass is 9.94. The van der Waals surface area contributed by atoms with E-state index in [0.717, 1.165) is 11.1 Å². The Morgan fingerprint density at radius 2 is 1.86 bits per heavy atom. The second-order valence-electron chi connectivity index (χ2n) is 6.61. The van der Waals surface area contributed by atoms with Gasteiger partial charge in [-0.05, 0) is 55.8 Å². The predicted molar refractivity (Wildman–Crippen MR) is 107 cm³/mol. The number of carbonyl (C=O) groups excluding carboxylic acids is 1. The van der Waals surface area contributed by atoms with E-state index in [4.69, 9.17) is 16.1 Å². The zero-order valence-electron chi connectivity index (χ0n) is 15.8. The van der Waals surface area contributed by atoms with E-state index in [0.29, 0.717) is 34.6 Å². The molecule has 1 aromatic heterocycles. The van der Waals surface area contributed by atoms with Crippen LogP contribution in [0.3, 0.4) is 0 Å². The van der Waals surface area contributed by atoms with Crippen molar-refractivity contribution in [1.82, 2.24) is 20.4 Å². The monoisotopic (exact) mass is 412 g/mol. The molecule has 1 aliphatic heterocycles. The minimum absolute atomic E-state index is 0.236. The molecule has 0 fully saturated rings. The van der Waals surface area contributed by atoms with Crippen molar-refractivity contribution in [2.24, 2.45) is 0 Å². The molecule has 1 atom stereocenters. The number of nitrogens with one attached hydrogen (secondary N) is 1. The van der Waals surface area contributed by atoms with Crippen molar-refractivity contribution in [3.63, 3.8) is 0 Å². The van der Waals surface area contributed by atoms with Crippen molar-refractivity contribution >= 4 is 23.2 Å². The van der Waals surface area contributed by atoms with Gasteiger partial charge in [0.25, 0.3) is 5.89 Å². The van der Waals surface area contributed by atoms with Gasteiger partial charge in [-0.3, -0.25) is 4.90 Å². The summed E-state index contributed by atoms with van der Waals surface area (Å²) in [5, 5.41) is 7.65. The van der Waals surface area contributed by atoms with Crippen LogP contribution in [0.5, 0.6) is 0 Å². The summed E-state index contributed by atoms with van der Waals surface area (Å²) in [4.78, 5) is 18.7. The van der Waals surface area contributed by atoms with E-state index in [-0.39, 0.29) is 11.8 Å². The highest BCUT2D eigenvalue weighted by molar-refractivity contribution is 6.30. The fourth-order valence-corrected chi connectivity index (χ4v) is 3.52. The maximum atomic E-state index is 13.4. The fourth-order valence-electron chi connectivity index (χ4n) is 3.39. The summed E-state index contributed by atoms with van der Waals surface area (Å²) in [6, 6.07) is 12.3. The van der Waals surface area contributed by atoms with Crippen molar-refractivity contribution in [1.29, 1.82) is 0 Å². The fraction of sp³-hybridized carbons (Fsp3) is 0.190. The van der Waals surface area contributed by atoms with E-state index in [1.54, 1.807) is 41.3 Å². The van der Waals surface area contributed by atoms with Gasteiger partial charge in [0, 0.05) is 22.8 Å². The van der Waals surface area contributed by atoms with Crippen LogP contribution in [0.25, 0.3) is 17.0 Å². The number of aromatic nitrogens is 2. The number of benzene rings is 2. The van der Waals surface area contributed by atoms with Crippen molar-refractivity contribution in [2.45, 2.75) is 19.9 Å². The van der Waals surface area contributed by atoms with Gasteiger partial charge in [0.15, 0.2) is 0 Å². The lowest BCUT2D eigenvalue weighted by Gasteiger charge is -2.34. The summed E-state index contributed by atoms with van der Waals surface area (Å²) in [6.45, 7) is 4.20. The molecule has 4 rings (SSSR count). The van der Waals surface area contributed by atoms with Crippen molar-refractivity contribution < 1.29 is 13.7 Å². The second kappa shape index (κ2) is 7.67. The van der Waals surface area contributed by atoms with Gasteiger partial charge in [-0.2, -0.15) is 4.98 Å². The normalized spacial score (nSPS) is 16.9. The lowest BCUT2D eigenvalue weighted by molar-refractivity contribution is 0.207. The molecule has 0 saturated carbocycles. The van der Waals surface area contributed by atoms with Gasteiger partial charge in [0.1, 0.15) is 5.82 Å². The molecule has 148 valence electrons. The maximum Gasteiger partial charge on any atom is 0.322 e. The minimum atomic E-state index is -0.538. The van der Waals surface area contributed by atoms with Gasteiger partial charge in [-0.25, -0.2) is 9.18 Å². The molecule has 2 amide bonds. The van der Waals surface area contributed by atoms with Crippen LogP contribution >= 0.6 is 11.6 Å². The number of halogens is 2. The summed E-state index contributed by atoms with van der Waals surface area (Å²) < 4.78 is 19.0. The minimum Gasteiger partial charge on any atom is -0.334 e. The quantitative estimate of drug-likeness (QED) is 0.651. The predicted octanol–water partition coefficient (Wildman–Crippen LogP) is 5.05. The molecular formula is C21H18ClFN4O2. The van der Waals surface area contributed by atoms with Crippen LogP contribution in [-0.4, -0.2) is 27.6 Å². The summed E-state index contributed by atoms with van der Waals surface area (Å²) in [6.07, 6.45) is 0. The zero-order valence-corrected chi connectivity index (χ0v) is 16.6. The van der Waals surface area contributed by atoms with Gasteiger partial charge >= 0.3 is 6.03 Å². The smallest absolute Gasteiger partial charge is 0.322 e. The molecule has 8 heteroatoms. The third-order valence-corrected chi connectivity index (χ3v) is 5.13. The van der Waals surface area contributed by atoms with Crippen LogP contribution in [0.2, 0.25) is 5.02 Å². The summed E-state index contributed by atoms with van der Waals surface area (Å²) >= 11 is 5.94. The SMILES string of the molecule is CCN1C(=O)NC(c2ccc(F)cc2)C(c2nc(-c3ccc(Cl)cc3)no2)=C1C. The Hall–Kier alpha value is -3.19. The number of carbonyl (C=O) groups is 1. The number of amides is 2. The first-order valence-corrected chi connectivity index (χ1v) is 9.50. The number of allylic oxidation sites excluding steroid dienone is 1.